The minimum Gasteiger partial charge on any atom is -0.393 e. The highest BCUT2D eigenvalue weighted by molar-refractivity contribution is 5.80. The van der Waals surface area contributed by atoms with Crippen molar-refractivity contribution in [2.75, 3.05) is 0 Å². The molecule has 0 bridgehead atoms. The van der Waals surface area contributed by atoms with Crippen molar-refractivity contribution >= 4 is 10.9 Å². The first-order valence-electron chi connectivity index (χ1n) is 6.63. The number of nitrogens with zero attached hydrogens (tertiary/aromatic N) is 3. The molecule has 0 spiro atoms. The average molecular weight is 269 g/mol. The Labute approximate surface area is 116 Å². The number of pyridine rings is 1. The smallest absolute Gasteiger partial charge is 0.229 e. The molecule has 0 aliphatic rings. The zero-order chi connectivity index (χ0) is 13.9. The zero-order valence-electron chi connectivity index (χ0n) is 11.2. The Morgan fingerprint density at radius 2 is 2.00 bits per heavy atom. The fourth-order valence-electron chi connectivity index (χ4n) is 1.98. The molecule has 5 nitrogen and oxygen atoms in total. The van der Waals surface area contributed by atoms with Crippen molar-refractivity contribution in [1.29, 1.82) is 0 Å². The van der Waals surface area contributed by atoms with Gasteiger partial charge in [0.05, 0.1) is 18.0 Å². The molecule has 0 saturated carbocycles. The van der Waals surface area contributed by atoms with Gasteiger partial charge in [-0.2, -0.15) is 4.98 Å². The monoisotopic (exact) mass is 269 g/mol. The lowest BCUT2D eigenvalue weighted by atomic mass is 10.2. The maximum atomic E-state index is 9.59. The van der Waals surface area contributed by atoms with E-state index < -0.39 is 6.10 Å². The van der Waals surface area contributed by atoms with Crippen molar-refractivity contribution in [3.8, 4) is 11.5 Å². The minimum absolute atomic E-state index is 0.372. The lowest BCUT2D eigenvalue weighted by Crippen LogP contribution is -2.08. The number of aliphatic hydroxyl groups excluding tert-OH is 1. The molecule has 0 amide bonds. The van der Waals surface area contributed by atoms with E-state index in [0.29, 0.717) is 30.3 Å². The summed E-state index contributed by atoms with van der Waals surface area (Å²) in [7, 11) is 0. The van der Waals surface area contributed by atoms with Gasteiger partial charge < -0.3 is 9.63 Å². The van der Waals surface area contributed by atoms with Crippen molar-refractivity contribution < 1.29 is 9.63 Å². The van der Waals surface area contributed by atoms with E-state index in [0.717, 1.165) is 10.9 Å². The van der Waals surface area contributed by atoms with Gasteiger partial charge in [0, 0.05) is 5.39 Å². The highest BCUT2D eigenvalue weighted by Gasteiger charge is 2.13. The van der Waals surface area contributed by atoms with Crippen LogP contribution in [-0.4, -0.2) is 26.3 Å². The number of aromatic nitrogens is 3. The fraction of sp³-hybridized carbons (Fsp3) is 0.267. The Morgan fingerprint density at radius 3 is 2.85 bits per heavy atom. The number of hydrogen-bond acceptors (Lipinski definition) is 5. The molecular formula is C15H15N3O2. The summed E-state index contributed by atoms with van der Waals surface area (Å²) < 4.78 is 5.14. The van der Waals surface area contributed by atoms with E-state index in [-0.39, 0.29) is 0 Å². The molecule has 0 saturated heterocycles. The van der Waals surface area contributed by atoms with Gasteiger partial charge in [-0.05, 0) is 18.6 Å². The Balaban J connectivity index is 1.91. The number of rotatable bonds is 4. The summed E-state index contributed by atoms with van der Waals surface area (Å²) in [5.41, 5.74) is 1.56. The zero-order valence-corrected chi connectivity index (χ0v) is 11.2. The summed E-state index contributed by atoms with van der Waals surface area (Å²) in [5.74, 6) is 0.887. The van der Waals surface area contributed by atoms with Crippen LogP contribution in [0.1, 0.15) is 19.2 Å². The Hall–Kier alpha value is -2.27. The number of aliphatic hydroxyl groups is 1. The third-order valence-corrected chi connectivity index (χ3v) is 3.18. The molecule has 2 heterocycles. The maximum absolute atomic E-state index is 9.59. The second-order valence-electron chi connectivity index (χ2n) is 4.67. The normalized spacial score (nSPS) is 12.7. The Morgan fingerprint density at radius 1 is 1.15 bits per heavy atom. The van der Waals surface area contributed by atoms with Gasteiger partial charge in [0.1, 0.15) is 5.69 Å². The molecular weight excluding hydrogens is 254 g/mol. The third kappa shape index (κ3) is 2.53. The molecule has 0 fully saturated rings. The van der Waals surface area contributed by atoms with Gasteiger partial charge in [-0.1, -0.05) is 36.3 Å². The first-order chi connectivity index (χ1) is 9.76. The Bertz CT molecular complexity index is 724. The maximum Gasteiger partial charge on any atom is 0.229 e. The number of fused-ring (bicyclic) bond motifs is 1. The molecule has 1 aromatic carbocycles. The van der Waals surface area contributed by atoms with Crippen LogP contribution in [0.2, 0.25) is 0 Å². The van der Waals surface area contributed by atoms with Crippen LogP contribution < -0.4 is 0 Å². The van der Waals surface area contributed by atoms with Gasteiger partial charge in [-0.15, -0.1) is 0 Å². The summed E-state index contributed by atoms with van der Waals surface area (Å²) in [6, 6.07) is 11.7. The van der Waals surface area contributed by atoms with Crippen molar-refractivity contribution in [2.45, 2.75) is 25.9 Å². The molecule has 20 heavy (non-hydrogen) atoms. The van der Waals surface area contributed by atoms with Crippen molar-refractivity contribution in [3.05, 3.63) is 42.3 Å². The topological polar surface area (TPSA) is 72.0 Å². The Kier molecular flexibility index (Phi) is 3.43. The summed E-state index contributed by atoms with van der Waals surface area (Å²) in [6.45, 7) is 1.91. The van der Waals surface area contributed by atoms with Crippen LogP contribution >= 0.6 is 0 Å². The number of para-hydroxylation sites is 1. The quantitative estimate of drug-likeness (QED) is 0.788. The molecule has 1 atom stereocenters. The van der Waals surface area contributed by atoms with Crippen molar-refractivity contribution in [1.82, 2.24) is 15.1 Å². The lowest BCUT2D eigenvalue weighted by Gasteiger charge is -2.01. The van der Waals surface area contributed by atoms with Crippen LogP contribution in [0.5, 0.6) is 0 Å². The first kappa shape index (κ1) is 12.7. The molecule has 2 aromatic heterocycles. The van der Waals surface area contributed by atoms with Gasteiger partial charge in [0.2, 0.25) is 11.7 Å². The summed E-state index contributed by atoms with van der Waals surface area (Å²) in [5, 5.41) is 14.6. The van der Waals surface area contributed by atoms with Gasteiger partial charge in [0.25, 0.3) is 0 Å². The highest BCUT2D eigenvalue weighted by Crippen LogP contribution is 2.18. The summed E-state index contributed by atoms with van der Waals surface area (Å²) in [6.07, 6.45) is 0.580. The largest absolute Gasteiger partial charge is 0.393 e. The van der Waals surface area contributed by atoms with Gasteiger partial charge in [-0.25, -0.2) is 4.98 Å². The molecule has 1 unspecified atom stereocenters. The van der Waals surface area contributed by atoms with E-state index in [2.05, 4.69) is 15.1 Å². The third-order valence-electron chi connectivity index (χ3n) is 3.18. The first-order valence-corrected chi connectivity index (χ1v) is 6.63. The number of hydrogen-bond donors (Lipinski definition) is 1. The van der Waals surface area contributed by atoms with Crippen LogP contribution in [-0.2, 0) is 6.42 Å². The van der Waals surface area contributed by atoms with Crippen LogP contribution in [0.3, 0.4) is 0 Å². The second kappa shape index (κ2) is 5.38. The SMILES string of the molecule is CCC(O)Cc1nc(-c2ccc3ccccc3n2)no1. The van der Waals surface area contributed by atoms with E-state index >= 15 is 0 Å². The molecule has 3 rings (SSSR count). The standard InChI is InChI=1S/C15H15N3O2/c1-2-11(19)9-14-17-15(18-20-14)13-8-7-10-5-3-4-6-12(10)16-13/h3-8,11,19H,2,9H2,1H3. The van der Waals surface area contributed by atoms with Gasteiger partial charge in [0.15, 0.2) is 0 Å². The molecule has 0 aliphatic carbocycles. The molecule has 102 valence electrons. The minimum atomic E-state index is -0.451. The molecule has 5 heteroatoms. The predicted octanol–water partition coefficient (Wildman–Crippen LogP) is 2.60. The molecule has 1 N–H and O–H groups in total. The molecule has 0 aliphatic heterocycles. The summed E-state index contributed by atoms with van der Waals surface area (Å²) >= 11 is 0. The fourth-order valence-corrected chi connectivity index (χ4v) is 1.98. The highest BCUT2D eigenvalue weighted by atomic mass is 16.5. The van der Waals surface area contributed by atoms with E-state index in [9.17, 15) is 5.11 Å². The van der Waals surface area contributed by atoms with Crippen LogP contribution in [0, 0.1) is 0 Å². The summed E-state index contributed by atoms with van der Waals surface area (Å²) in [4.78, 5) is 8.79. The number of benzene rings is 1. The lowest BCUT2D eigenvalue weighted by molar-refractivity contribution is 0.158. The van der Waals surface area contributed by atoms with Gasteiger partial charge in [-0.3, -0.25) is 0 Å². The average Bonchev–Trinajstić information content (AvgIpc) is 2.95. The predicted molar refractivity (Wildman–Crippen MR) is 75.0 cm³/mol. The molecule has 0 radical (unpaired) electrons. The van der Waals surface area contributed by atoms with Gasteiger partial charge >= 0.3 is 0 Å². The van der Waals surface area contributed by atoms with Crippen molar-refractivity contribution in [3.63, 3.8) is 0 Å². The van der Waals surface area contributed by atoms with E-state index in [1.807, 2.05) is 43.3 Å². The van der Waals surface area contributed by atoms with Crippen molar-refractivity contribution in [2.24, 2.45) is 0 Å². The second-order valence-corrected chi connectivity index (χ2v) is 4.67. The van der Waals surface area contributed by atoms with E-state index in [1.54, 1.807) is 0 Å². The van der Waals surface area contributed by atoms with Crippen LogP contribution in [0.25, 0.3) is 22.4 Å². The van der Waals surface area contributed by atoms with Crippen LogP contribution in [0.4, 0.5) is 0 Å². The van der Waals surface area contributed by atoms with E-state index in [4.69, 9.17) is 4.52 Å². The van der Waals surface area contributed by atoms with E-state index in [1.165, 1.54) is 0 Å². The van der Waals surface area contributed by atoms with Crippen LogP contribution in [0.15, 0.2) is 40.9 Å². The molecule has 3 aromatic rings.